The molecule has 0 saturated carbocycles. The lowest BCUT2D eigenvalue weighted by Gasteiger charge is -1.95. The molecule has 1 rings (SSSR count). The van der Waals surface area contributed by atoms with Gasteiger partial charge in [0.2, 0.25) is 0 Å². The summed E-state index contributed by atoms with van der Waals surface area (Å²) in [5, 5.41) is 3.78. The van der Waals surface area contributed by atoms with Gasteiger partial charge in [-0.15, -0.1) is 12.4 Å². The monoisotopic (exact) mass is 177 g/mol. The molecule has 2 N–H and O–H groups in total. The first kappa shape index (κ1) is 9.62. The van der Waals surface area contributed by atoms with E-state index >= 15 is 0 Å². The highest BCUT2D eigenvalue weighted by Gasteiger charge is 2.01. The maximum atomic E-state index is 10.1. The molecule has 2 nitrogen and oxygen atoms in total. The minimum Gasteiger partial charge on any atom is -0.318 e. The Morgan fingerprint density at radius 3 is 2.80 bits per heavy atom. The van der Waals surface area contributed by atoms with Crippen molar-refractivity contribution in [2.45, 2.75) is 6.04 Å². The predicted molar refractivity (Wildman–Crippen MR) is 44.6 cm³/mol. The molecule has 0 bridgehead atoms. The topological polar surface area (TPSA) is 43.1 Å². The lowest BCUT2D eigenvalue weighted by Crippen LogP contribution is -2.09. The summed E-state index contributed by atoms with van der Waals surface area (Å²) >= 11 is 1.54. The summed E-state index contributed by atoms with van der Waals surface area (Å²) in [6, 6.07) is 1.42. The summed E-state index contributed by atoms with van der Waals surface area (Å²) in [5.41, 5.74) is 6.28. The Hall–Kier alpha value is -0.380. The van der Waals surface area contributed by atoms with Crippen LogP contribution in [0.2, 0.25) is 0 Å². The number of hydrogen-bond acceptors (Lipinski definition) is 3. The average molecular weight is 178 g/mol. The summed E-state index contributed by atoms with van der Waals surface area (Å²) in [4.78, 5) is 10.1. The number of aldehydes is 1. The van der Waals surface area contributed by atoms with Crippen LogP contribution >= 0.6 is 23.7 Å². The molecule has 1 aromatic heterocycles. The molecule has 0 aliphatic rings. The predicted octanol–water partition coefficient (Wildman–Crippen LogP) is 1.37. The van der Waals surface area contributed by atoms with Gasteiger partial charge in [0.1, 0.15) is 6.29 Å². The standard InChI is InChI=1S/C6H7NOS.ClH/c7-6(3-8)5-1-2-9-4-5;/h1-4,6H,7H2;1H. The smallest absolute Gasteiger partial charge is 0.141 e. The molecule has 0 saturated heterocycles. The van der Waals surface area contributed by atoms with E-state index in [9.17, 15) is 4.79 Å². The van der Waals surface area contributed by atoms with Gasteiger partial charge in [0.15, 0.2) is 0 Å². The van der Waals surface area contributed by atoms with Crippen LogP contribution in [-0.4, -0.2) is 6.29 Å². The second kappa shape index (κ2) is 4.44. The van der Waals surface area contributed by atoms with E-state index in [-0.39, 0.29) is 12.4 Å². The van der Waals surface area contributed by atoms with Crippen LogP contribution in [-0.2, 0) is 4.79 Å². The van der Waals surface area contributed by atoms with Crippen molar-refractivity contribution in [2.24, 2.45) is 5.73 Å². The zero-order valence-corrected chi connectivity index (χ0v) is 6.82. The lowest BCUT2D eigenvalue weighted by atomic mass is 10.2. The molecule has 10 heavy (non-hydrogen) atoms. The van der Waals surface area contributed by atoms with E-state index in [0.717, 1.165) is 11.8 Å². The van der Waals surface area contributed by atoms with Crippen LogP contribution < -0.4 is 5.73 Å². The third-order valence-corrected chi connectivity index (χ3v) is 1.78. The average Bonchev–Trinajstić information content (AvgIpc) is 2.37. The quantitative estimate of drug-likeness (QED) is 0.694. The Kier molecular flexibility index (Phi) is 4.27. The highest BCUT2D eigenvalue weighted by Crippen LogP contribution is 2.11. The minimum absolute atomic E-state index is 0. The molecule has 0 aromatic carbocycles. The third-order valence-electron chi connectivity index (χ3n) is 1.07. The zero-order valence-electron chi connectivity index (χ0n) is 5.19. The van der Waals surface area contributed by atoms with Gasteiger partial charge in [-0.3, -0.25) is 0 Å². The van der Waals surface area contributed by atoms with E-state index in [1.165, 1.54) is 0 Å². The number of hydrogen-bond donors (Lipinski definition) is 1. The SMILES string of the molecule is Cl.NC(C=O)c1ccsc1. The van der Waals surface area contributed by atoms with Crippen molar-refractivity contribution in [2.75, 3.05) is 0 Å². The van der Waals surface area contributed by atoms with Crippen LogP contribution in [0.15, 0.2) is 16.8 Å². The Bertz CT molecular complexity index is 188. The number of thiophene rings is 1. The van der Waals surface area contributed by atoms with Crippen molar-refractivity contribution in [3.8, 4) is 0 Å². The first-order valence-corrected chi connectivity index (χ1v) is 3.52. The van der Waals surface area contributed by atoms with Gasteiger partial charge in [-0.05, 0) is 22.4 Å². The fraction of sp³-hybridized carbons (Fsp3) is 0.167. The maximum absolute atomic E-state index is 10.1. The second-order valence-corrected chi connectivity index (χ2v) is 2.50. The van der Waals surface area contributed by atoms with E-state index in [0.29, 0.717) is 0 Å². The van der Waals surface area contributed by atoms with Gasteiger partial charge >= 0.3 is 0 Å². The molecule has 1 unspecified atom stereocenters. The summed E-state index contributed by atoms with van der Waals surface area (Å²) in [5.74, 6) is 0. The Morgan fingerprint density at radius 1 is 1.70 bits per heavy atom. The number of nitrogens with two attached hydrogens (primary N) is 1. The molecule has 56 valence electrons. The molecule has 0 fully saturated rings. The van der Waals surface area contributed by atoms with Crippen LogP contribution in [0.5, 0.6) is 0 Å². The maximum Gasteiger partial charge on any atom is 0.141 e. The molecule has 1 heterocycles. The van der Waals surface area contributed by atoms with E-state index in [1.807, 2.05) is 16.8 Å². The molecule has 4 heteroatoms. The number of halogens is 1. The zero-order chi connectivity index (χ0) is 6.69. The fourth-order valence-corrected chi connectivity index (χ4v) is 1.25. The van der Waals surface area contributed by atoms with Crippen LogP contribution in [0.3, 0.4) is 0 Å². The number of rotatable bonds is 2. The van der Waals surface area contributed by atoms with Gasteiger partial charge in [-0.1, -0.05) is 0 Å². The first-order valence-electron chi connectivity index (χ1n) is 2.57. The van der Waals surface area contributed by atoms with Crippen molar-refractivity contribution in [1.82, 2.24) is 0 Å². The van der Waals surface area contributed by atoms with Gasteiger partial charge in [0.05, 0.1) is 6.04 Å². The number of carbonyl (C=O) groups excluding carboxylic acids is 1. The molecular weight excluding hydrogens is 170 g/mol. The van der Waals surface area contributed by atoms with Gasteiger partial charge < -0.3 is 10.5 Å². The molecule has 1 aromatic rings. The van der Waals surface area contributed by atoms with Crippen molar-refractivity contribution in [3.63, 3.8) is 0 Å². The van der Waals surface area contributed by atoms with E-state index < -0.39 is 6.04 Å². The highest BCUT2D eigenvalue weighted by molar-refractivity contribution is 7.08. The van der Waals surface area contributed by atoms with Gasteiger partial charge in [-0.2, -0.15) is 11.3 Å². The summed E-state index contributed by atoms with van der Waals surface area (Å²) in [7, 11) is 0. The highest BCUT2D eigenvalue weighted by atomic mass is 35.5. The lowest BCUT2D eigenvalue weighted by molar-refractivity contribution is -0.109. The first-order chi connectivity index (χ1) is 4.34. The van der Waals surface area contributed by atoms with Gasteiger partial charge in [0.25, 0.3) is 0 Å². The van der Waals surface area contributed by atoms with Gasteiger partial charge in [0, 0.05) is 0 Å². The van der Waals surface area contributed by atoms with E-state index in [4.69, 9.17) is 5.73 Å². The van der Waals surface area contributed by atoms with Gasteiger partial charge in [-0.25, -0.2) is 0 Å². The van der Waals surface area contributed by atoms with Crippen molar-refractivity contribution >= 4 is 30.0 Å². The molecular formula is C6H8ClNOS. The van der Waals surface area contributed by atoms with E-state index in [2.05, 4.69) is 0 Å². The van der Waals surface area contributed by atoms with Crippen molar-refractivity contribution in [1.29, 1.82) is 0 Å². The normalized spacial score (nSPS) is 11.7. The second-order valence-electron chi connectivity index (χ2n) is 1.72. The van der Waals surface area contributed by atoms with Crippen LogP contribution in [0, 0.1) is 0 Å². The molecule has 0 amide bonds. The van der Waals surface area contributed by atoms with Crippen LogP contribution in [0.1, 0.15) is 11.6 Å². The summed E-state index contributed by atoms with van der Waals surface area (Å²) in [6.07, 6.45) is 0.738. The minimum atomic E-state index is -0.434. The largest absolute Gasteiger partial charge is 0.318 e. The summed E-state index contributed by atoms with van der Waals surface area (Å²) < 4.78 is 0. The molecule has 0 radical (unpaired) electrons. The molecule has 0 aliphatic heterocycles. The van der Waals surface area contributed by atoms with Crippen molar-refractivity contribution in [3.05, 3.63) is 22.4 Å². The number of carbonyl (C=O) groups is 1. The molecule has 0 spiro atoms. The van der Waals surface area contributed by atoms with Crippen molar-refractivity contribution < 1.29 is 4.79 Å². The molecule has 0 aliphatic carbocycles. The summed E-state index contributed by atoms with van der Waals surface area (Å²) in [6.45, 7) is 0. The van der Waals surface area contributed by atoms with Crippen LogP contribution in [0.25, 0.3) is 0 Å². The molecule has 1 atom stereocenters. The Balaban J connectivity index is 0.000000810. The van der Waals surface area contributed by atoms with Crippen LogP contribution in [0.4, 0.5) is 0 Å². The van der Waals surface area contributed by atoms with E-state index in [1.54, 1.807) is 11.3 Å². The fourth-order valence-electron chi connectivity index (χ4n) is 0.543. The Morgan fingerprint density at radius 2 is 2.40 bits per heavy atom. The third kappa shape index (κ3) is 2.10. The Labute approximate surface area is 69.5 Å².